The molecule has 0 spiro atoms. The number of hydrogen-bond donors (Lipinski definition) is 1. The predicted octanol–water partition coefficient (Wildman–Crippen LogP) is 1.97. The van der Waals surface area contributed by atoms with Crippen LogP contribution in [0.25, 0.3) is 11.8 Å². The van der Waals surface area contributed by atoms with E-state index < -0.39 is 0 Å². The van der Waals surface area contributed by atoms with Crippen molar-refractivity contribution in [2.45, 2.75) is 0 Å². The van der Waals surface area contributed by atoms with Crippen molar-refractivity contribution < 1.29 is 4.57 Å². The molecule has 0 atom stereocenters. The smallest absolute Gasteiger partial charge is 0.169 e. The lowest BCUT2D eigenvalue weighted by Crippen LogP contribution is -2.26. The van der Waals surface area contributed by atoms with Gasteiger partial charge in [-0.15, -0.1) is 0 Å². The molecule has 0 saturated heterocycles. The Bertz CT molecular complexity index is 484. The molecule has 2 heteroatoms. The summed E-state index contributed by atoms with van der Waals surface area (Å²) in [5.74, 6) is 0. The monoisotopic (exact) mass is 211 g/mol. The number of benzene rings is 1. The Labute approximate surface area is 95.7 Å². The van der Waals surface area contributed by atoms with Crippen molar-refractivity contribution in [3.05, 3.63) is 66.0 Å². The van der Waals surface area contributed by atoms with E-state index in [4.69, 9.17) is 5.73 Å². The van der Waals surface area contributed by atoms with E-state index in [9.17, 15) is 0 Å². The van der Waals surface area contributed by atoms with Gasteiger partial charge in [-0.25, -0.2) is 4.57 Å². The minimum atomic E-state index is 0.784. The van der Waals surface area contributed by atoms with Crippen LogP contribution in [0.2, 0.25) is 0 Å². The van der Waals surface area contributed by atoms with Crippen LogP contribution in [0.1, 0.15) is 11.1 Å². The van der Waals surface area contributed by atoms with Crippen LogP contribution in [-0.4, -0.2) is 0 Å². The summed E-state index contributed by atoms with van der Waals surface area (Å²) in [6, 6.07) is 14.1. The molecule has 2 aromatic rings. The van der Waals surface area contributed by atoms with Gasteiger partial charge in [0.1, 0.15) is 7.05 Å². The summed E-state index contributed by atoms with van der Waals surface area (Å²) in [7, 11) is 1.99. The third-order valence-electron chi connectivity index (χ3n) is 2.43. The van der Waals surface area contributed by atoms with Crippen molar-refractivity contribution in [1.29, 1.82) is 0 Å². The Hall–Kier alpha value is -2.09. The second kappa shape index (κ2) is 4.62. The van der Waals surface area contributed by atoms with E-state index in [0.29, 0.717) is 0 Å². The van der Waals surface area contributed by atoms with Crippen LogP contribution in [0.3, 0.4) is 0 Å². The Morgan fingerprint density at radius 2 is 1.69 bits per heavy atom. The molecule has 0 radical (unpaired) electrons. The number of aromatic nitrogens is 1. The van der Waals surface area contributed by atoms with Crippen molar-refractivity contribution in [3.63, 3.8) is 0 Å². The highest BCUT2D eigenvalue weighted by molar-refractivity contribution is 5.78. The highest BCUT2D eigenvalue weighted by Crippen LogP contribution is 2.11. The molecule has 80 valence electrons. The minimum absolute atomic E-state index is 0.784. The van der Waals surface area contributed by atoms with Gasteiger partial charge in [-0.05, 0) is 11.6 Å². The molecule has 0 unspecified atom stereocenters. The van der Waals surface area contributed by atoms with E-state index in [1.165, 1.54) is 0 Å². The molecule has 0 fully saturated rings. The van der Waals surface area contributed by atoms with Gasteiger partial charge in [0, 0.05) is 23.4 Å². The third-order valence-corrected chi connectivity index (χ3v) is 2.43. The van der Waals surface area contributed by atoms with Gasteiger partial charge in [0.15, 0.2) is 12.4 Å². The lowest BCUT2D eigenvalue weighted by Gasteiger charge is -2.00. The summed E-state index contributed by atoms with van der Waals surface area (Å²) >= 11 is 0. The van der Waals surface area contributed by atoms with Gasteiger partial charge in [-0.1, -0.05) is 30.3 Å². The summed E-state index contributed by atoms with van der Waals surface area (Å²) in [5, 5.41) is 0. The largest absolute Gasteiger partial charge is 0.398 e. The second-order valence-electron chi connectivity index (χ2n) is 3.76. The van der Waals surface area contributed by atoms with Crippen molar-refractivity contribution in [3.8, 4) is 0 Å². The number of hydrogen-bond acceptors (Lipinski definition) is 1. The summed E-state index contributed by atoms with van der Waals surface area (Å²) in [5.41, 5.74) is 8.98. The molecule has 1 aromatic carbocycles. The first kappa shape index (κ1) is 10.4. The topological polar surface area (TPSA) is 29.9 Å². The zero-order valence-electron chi connectivity index (χ0n) is 9.30. The van der Waals surface area contributed by atoms with Crippen LogP contribution >= 0.6 is 0 Å². The molecular formula is C14H15N2+. The molecule has 0 aliphatic heterocycles. The molecule has 0 saturated carbocycles. The first-order valence-electron chi connectivity index (χ1n) is 5.23. The summed E-state index contributed by atoms with van der Waals surface area (Å²) < 4.78 is 1.99. The first-order chi connectivity index (χ1) is 7.75. The molecule has 16 heavy (non-hydrogen) atoms. The zero-order chi connectivity index (χ0) is 11.4. The molecule has 2 nitrogen and oxygen atoms in total. The summed E-state index contributed by atoms with van der Waals surface area (Å²) in [6.07, 6.45) is 5.96. The van der Waals surface area contributed by atoms with E-state index >= 15 is 0 Å². The second-order valence-corrected chi connectivity index (χ2v) is 3.76. The third kappa shape index (κ3) is 2.48. The van der Waals surface area contributed by atoms with Gasteiger partial charge < -0.3 is 5.73 Å². The molecule has 0 amide bonds. The zero-order valence-corrected chi connectivity index (χ0v) is 9.30. The molecule has 0 aliphatic carbocycles. The van der Waals surface area contributed by atoms with Crippen molar-refractivity contribution in [2.75, 3.05) is 0 Å². The van der Waals surface area contributed by atoms with E-state index in [1.807, 2.05) is 72.5 Å². The van der Waals surface area contributed by atoms with Gasteiger partial charge in [-0.2, -0.15) is 0 Å². The maximum absolute atomic E-state index is 6.03. The lowest BCUT2D eigenvalue weighted by molar-refractivity contribution is -0.671. The molecule has 0 bridgehead atoms. The average Bonchev–Trinajstić information content (AvgIpc) is 2.31. The Morgan fingerprint density at radius 1 is 1.06 bits per heavy atom. The quantitative estimate of drug-likeness (QED) is 0.756. The van der Waals surface area contributed by atoms with Gasteiger partial charge in [0.05, 0.1) is 0 Å². The molecule has 1 heterocycles. The fourth-order valence-electron chi connectivity index (χ4n) is 1.51. The number of rotatable bonds is 2. The number of aryl methyl sites for hydroxylation is 1. The van der Waals surface area contributed by atoms with Crippen molar-refractivity contribution in [1.82, 2.24) is 0 Å². The number of nitrogens with two attached hydrogens (primary N) is 1. The maximum Gasteiger partial charge on any atom is 0.169 e. The average molecular weight is 211 g/mol. The highest BCUT2D eigenvalue weighted by atomic mass is 14.9. The summed E-state index contributed by atoms with van der Waals surface area (Å²) in [6.45, 7) is 0. The Kier molecular flexibility index (Phi) is 3.01. The van der Waals surface area contributed by atoms with E-state index in [1.54, 1.807) is 0 Å². The van der Waals surface area contributed by atoms with E-state index in [2.05, 4.69) is 0 Å². The van der Waals surface area contributed by atoms with Crippen molar-refractivity contribution in [2.24, 2.45) is 12.8 Å². The maximum atomic E-state index is 6.03. The van der Waals surface area contributed by atoms with Crippen LogP contribution in [0, 0.1) is 0 Å². The highest BCUT2D eigenvalue weighted by Gasteiger charge is 1.98. The standard InChI is InChI=1S/C14H15N2/c1-16-9-7-13(8-10-16)14(15)11-12-5-3-2-4-6-12/h2-11H,15H2,1H3/q+1. The van der Waals surface area contributed by atoms with Gasteiger partial charge in [0.25, 0.3) is 0 Å². The Balaban J connectivity index is 2.28. The Morgan fingerprint density at radius 3 is 2.31 bits per heavy atom. The fourth-order valence-corrected chi connectivity index (χ4v) is 1.51. The predicted molar refractivity (Wildman–Crippen MR) is 66.1 cm³/mol. The molecular weight excluding hydrogens is 196 g/mol. The molecule has 1 aromatic heterocycles. The number of pyridine rings is 1. The molecule has 2 N–H and O–H groups in total. The van der Waals surface area contributed by atoms with E-state index in [0.717, 1.165) is 16.8 Å². The first-order valence-corrected chi connectivity index (χ1v) is 5.23. The van der Waals surface area contributed by atoms with Gasteiger partial charge in [-0.3, -0.25) is 0 Å². The van der Waals surface area contributed by atoms with Crippen molar-refractivity contribution >= 4 is 11.8 Å². The molecule has 2 rings (SSSR count). The van der Waals surface area contributed by atoms with E-state index in [-0.39, 0.29) is 0 Å². The van der Waals surface area contributed by atoms with Crippen LogP contribution in [0.4, 0.5) is 0 Å². The van der Waals surface area contributed by atoms with Crippen LogP contribution < -0.4 is 10.3 Å². The SMILES string of the molecule is C[n+]1ccc(C(N)=Cc2ccccc2)cc1. The molecule has 0 aliphatic rings. The normalized spacial score (nSPS) is 11.4. The van der Waals surface area contributed by atoms with Gasteiger partial charge in [0.2, 0.25) is 0 Å². The van der Waals surface area contributed by atoms with Crippen LogP contribution in [0.5, 0.6) is 0 Å². The van der Waals surface area contributed by atoms with Crippen LogP contribution in [-0.2, 0) is 7.05 Å². The summed E-state index contributed by atoms with van der Waals surface area (Å²) in [4.78, 5) is 0. The number of nitrogens with zero attached hydrogens (tertiary/aromatic N) is 1. The minimum Gasteiger partial charge on any atom is -0.398 e. The lowest BCUT2D eigenvalue weighted by atomic mass is 10.1. The van der Waals surface area contributed by atoms with Gasteiger partial charge >= 0.3 is 0 Å². The fraction of sp³-hybridized carbons (Fsp3) is 0.0714. The van der Waals surface area contributed by atoms with Crippen LogP contribution in [0.15, 0.2) is 54.9 Å².